The highest BCUT2D eigenvalue weighted by Gasteiger charge is 2.19. The van der Waals surface area contributed by atoms with E-state index in [1.54, 1.807) is 0 Å². The molecule has 0 spiro atoms. The molecule has 0 bridgehead atoms. The summed E-state index contributed by atoms with van der Waals surface area (Å²) in [6.45, 7) is 4.18. The second-order valence-corrected chi connectivity index (χ2v) is 10.1. The van der Waals surface area contributed by atoms with Crippen molar-refractivity contribution in [2.24, 2.45) is 0 Å². The van der Waals surface area contributed by atoms with Gasteiger partial charge in [-0.3, -0.25) is 0 Å². The molecule has 0 amide bonds. The van der Waals surface area contributed by atoms with Gasteiger partial charge in [0.25, 0.3) is 0 Å². The minimum Gasteiger partial charge on any atom is -0.232 e. The van der Waals surface area contributed by atoms with E-state index in [1.807, 2.05) is 82.2 Å². The number of aromatic nitrogens is 4. The molecule has 0 saturated carbocycles. The Balaban J connectivity index is 1.56. The van der Waals surface area contributed by atoms with Gasteiger partial charge in [-0.15, -0.1) is 0 Å². The van der Waals surface area contributed by atoms with Crippen molar-refractivity contribution in [3.05, 3.63) is 130 Å². The largest absolute Gasteiger partial charge is 0.232 e. The Morgan fingerprint density at radius 1 is 0.500 bits per heavy atom. The number of hydrogen-bond donors (Lipinski definition) is 0. The van der Waals surface area contributed by atoms with Gasteiger partial charge >= 0.3 is 0 Å². The van der Waals surface area contributed by atoms with E-state index < -0.39 is 0 Å². The lowest BCUT2D eigenvalue weighted by Crippen LogP contribution is -2.02. The molecule has 0 aliphatic carbocycles. The van der Waals surface area contributed by atoms with Crippen molar-refractivity contribution in [1.29, 1.82) is 0 Å². The van der Waals surface area contributed by atoms with Gasteiger partial charge in [-0.05, 0) is 73.5 Å². The quantitative estimate of drug-likeness (QED) is 0.221. The second-order valence-electron chi connectivity index (χ2n) is 9.24. The number of aryl methyl sites for hydroxylation is 2. The Morgan fingerprint density at radius 3 is 1.24 bits per heavy atom. The fraction of sp³-hybridized carbons (Fsp3) is 0.0625. The summed E-state index contributed by atoms with van der Waals surface area (Å²) in [5.74, 6) is 0. The molecule has 186 valence electrons. The molecule has 4 aromatic carbocycles. The molecule has 4 nitrogen and oxygen atoms in total. The van der Waals surface area contributed by atoms with E-state index in [1.165, 1.54) is 0 Å². The predicted molar refractivity (Wildman–Crippen MR) is 156 cm³/mol. The number of rotatable bonds is 5. The molecule has 0 fully saturated rings. The lowest BCUT2D eigenvalue weighted by atomic mass is 10.1. The highest BCUT2D eigenvalue weighted by Crippen LogP contribution is 2.34. The number of halogens is 2. The van der Waals surface area contributed by atoms with Gasteiger partial charge in [0.1, 0.15) is 11.4 Å². The summed E-state index contributed by atoms with van der Waals surface area (Å²) < 4.78 is 3.98. The van der Waals surface area contributed by atoms with Crippen LogP contribution in [-0.2, 0) is 0 Å². The smallest absolute Gasteiger partial charge is 0.114 e. The normalized spacial score (nSPS) is 11.2. The summed E-state index contributed by atoms with van der Waals surface area (Å²) >= 11 is 12.4. The van der Waals surface area contributed by atoms with Crippen LogP contribution in [-0.4, -0.2) is 19.6 Å². The van der Waals surface area contributed by atoms with Gasteiger partial charge in [-0.1, -0.05) is 83.9 Å². The van der Waals surface area contributed by atoms with Crippen molar-refractivity contribution in [2.45, 2.75) is 13.8 Å². The molecular weight excluding hydrogens is 511 g/mol. The van der Waals surface area contributed by atoms with E-state index in [0.717, 1.165) is 56.4 Å². The predicted octanol–water partition coefficient (Wildman–Crippen LogP) is 8.98. The molecule has 6 aromatic rings. The molecule has 6 heteroatoms. The van der Waals surface area contributed by atoms with Crippen LogP contribution in [0.4, 0.5) is 0 Å². The first-order valence-corrected chi connectivity index (χ1v) is 13.1. The van der Waals surface area contributed by atoms with Crippen LogP contribution in [0, 0.1) is 13.8 Å². The van der Waals surface area contributed by atoms with Gasteiger partial charge in [0.2, 0.25) is 0 Å². The summed E-state index contributed by atoms with van der Waals surface area (Å²) in [5, 5.41) is 11.5. The first-order chi connectivity index (χ1) is 18.5. The maximum Gasteiger partial charge on any atom is 0.114 e. The molecular formula is C32H24Cl2N4. The van der Waals surface area contributed by atoms with Crippen LogP contribution in [0.25, 0.3) is 45.3 Å². The SMILES string of the molecule is Cc1ccccc1-n1nc(-c2cc(-c3ccc(Cl)cc3)n(-c3ccccc3C)n2)cc1-c1ccc(Cl)cc1. The van der Waals surface area contributed by atoms with Crippen LogP contribution in [0.15, 0.2) is 109 Å². The zero-order valence-corrected chi connectivity index (χ0v) is 22.4. The Labute approximate surface area is 231 Å². The number of hydrogen-bond acceptors (Lipinski definition) is 2. The van der Waals surface area contributed by atoms with Crippen LogP contribution in [0.5, 0.6) is 0 Å². The van der Waals surface area contributed by atoms with Crippen molar-refractivity contribution >= 4 is 23.2 Å². The summed E-state index contributed by atoms with van der Waals surface area (Å²) in [7, 11) is 0. The molecule has 38 heavy (non-hydrogen) atoms. The van der Waals surface area contributed by atoms with Crippen LogP contribution in [0.3, 0.4) is 0 Å². The standard InChI is InChI=1S/C32H24Cl2N4/c1-21-7-3-5-9-29(21)37-31(23-11-15-25(33)16-12-23)19-27(35-37)28-20-32(24-13-17-26(34)18-14-24)38(36-28)30-10-6-4-8-22(30)2/h3-20H,1-2H3. The lowest BCUT2D eigenvalue weighted by Gasteiger charge is -2.10. The van der Waals surface area contributed by atoms with Gasteiger partial charge in [0.05, 0.1) is 22.8 Å². The van der Waals surface area contributed by atoms with Crippen molar-refractivity contribution in [1.82, 2.24) is 19.6 Å². The maximum absolute atomic E-state index is 6.20. The van der Waals surface area contributed by atoms with E-state index in [9.17, 15) is 0 Å². The third kappa shape index (κ3) is 4.53. The molecule has 0 aliphatic rings. The molecule has 6 rings (SSSR count). The van der Waals surface area contributed by atoms with Crippen LogP contribution in [0.2, 0.25) is 10.0 Å². The van der Waals surface area contributed by atoms with Gasteiger partial charge in [0, 0.05) is 21.2 Å². The highest BCUT2D eigenvalue weighted by atomic mass is 35.5. The first kappa shape index (κ1) is 24.2. The topological polar surface area (TPSA) is 35.6 Å². The molecule has 0 unspecified atom stereocenters. The van der Waals surface area contributed by atoms with Crippen LogP contribution in [0.1, 0.15) is 11.1 Å². The fourth-order valence-corrected chi connectivity index (χ4v) is 4.89. The van der Waals surface area contributed by atoms with Gasteiger partial charge in [-0.2, -0.15) is 10.2 Å². The van der Waals surface area contributed by atoms with E-state index in [4.69, 9.17) is 33.4 Å². The van der Waals surface area contributed by atoms with Gasteiger partial charge < -0.3 is 0 Å². The fourth-order valence-electron chi connectivity index (χ4n) is 4.63. The van der Waals surface area contributed by atoms with Crippen LogP contribution >= 0.6 is 23.2 Å². The molecule has 0 N–H and O–H groups in total. The molecule has 0 atom stereocenters. The number of para-hydroxylation sites is 2. The van der Waals surface area contributed by atoms with E-state index in [0.29, 0.717) is 10.0 Å². The first-order valence-electron chi connectivity index (χ1n) is 12.3. The lowest BCUT2D eigenvalue weighted by molar-refractivity contribution is 0.863. The van der Waals surface area contributed by atoms with E-state index in [-0.39, 0.29) is 0 Å². The monoisotopic (exact) mass is 534 g/mol. The summed E-state index contributed by atoms with van der Waals surface area (Å²) in [4.78, 5) is 0. The second kappa shape index (κ2) is 9.97. The highest BCUT2D eigenvalue weighted by molar-refractivity contribution is 6.30. The molecule has 2 aromatic heterocycles. The molecule has 2 heterocycles. The maximum atomic E-state index is 6.20. The molecule has 0 aliphatic heterocycles. The average molecular weight is 535 g/mol. The minimum absolute atomic E-state index is 0.695. The number of benzene rings is 4. The zero-order chi connectivity index (χ0) is 26.2. The van der Waals surface area contributed by atoms with E-state index >= 15 is 0 Å². The van der Waals surface area contributed by atoms with Crippen LogP contribution < -0.4 is 0 Å². The average Bonchev–Trinajstić information content (AvgIpc) is 3.56. The summed E-state index contributed by atoms with van der Waals surface area (Å²) in [5.41, 5.74) is 9.81. The van der Waals surface area contributed by atoms with Crippen molar-refractivity contribution in [3.63, 3.8) is 0 Å². The van der Waals surface area contributed by atoms with Crippen molar-refractivity contribution < 1.29 is 0 Å². The number of nitrogens with zero attached hydrogens (tertiary/aromatic N) is 4. The van der Waals surface area contributed by atoms with Crippen molar-refractivity contribution in [3.8, 4) is 45.3 Å². The third-order valence-corrected chi connectivity index (χ3v) is 7.15. The Kier molecular flexibility index (Phi) is 6.36. The van der Waals surface area contributed by atoms with Gasteiger partial charge in [-0.25, -0.2) is 9.36 Å². The molecule has 0 saturated heterocycles. The van der Waals surface area contributed by atoms with Crippen molar-refractivity contribution in [2.75, 3.05) is 0 Å². The minimum atomic E-state index is 0.695. The Bertz CT molecular complexity index is 1610. The molecule has 0 radical (unpaired) electrons. The Hall–Kier alpha value is -4.12. The summed E-state index contributed by atoms with van der Waals surface area (Å²) in [6, 6.07) is 36.3. The van der Waals surface area contributed by atoms with E-state index in [2.05, 4.69) is 50.2 Å². The summed E-state index contributed by atoms with van der Waals surface area (Å²) in [6.07, 6.45) is 0. The Morgan fingerprint density at radius 2 is 0.868 bits per heavy atom. The van der Waals surface area contributed by atoms with Gasteiger partial charge in [0.15, 0.2) is 0 Å². The third-order valence-electron chi connectivity index (χ3n) is 6.65. The zero-order valence-electron chi connectivity index (χ0n) is 20.9.